The Bertz CT molecular complexity index is 460. The molecule has 1 atom stereocenters. The van der Waals surface area contributed by atoms with Gasteiger partial charge in [-0.1, -0.05) is 0 Å². The summed E-state index contributed by atoms with van der Waals surface area (Å²) in [5.41, 5.74) is 1.03. The van der Waals surface area contributed by atoms with Gasteiger partial charge in [0.2, 0.25) is 5.91 Å². The number of thioether (sulfide) groups is 1. The Morgan fingerprint density at radius 2 is 2.41 bits per heavy atom. The smallest absolute Gasteiger partial charge is 0.227 e. The second-order valence-corrected chi connectivity index (χ2v) is 7.18. The minimum atomic E-state index is 0.200. The van der Waals surface area contributed by atoms with Gasteiger partial charge in [-0.25, -0.2) is 0 Å². The molecule has 1 aliphatic rings. The maximum atomic E-state index is 12.1. The van der Waals surface area contributed by atoms with Crippen LogP contribution in [0.5, 0.6) is 0 Å². The first-order chi connectivity index (χ1) is 8.08. The van der Waals surface area contributed by atoms with Gasteiger partial charge in [0.05, 0.1) is 6.42 Å². The van der Waals surface area contributed by atoms with E-state index in [0.717, 1.165) is 26.7 Å². The molecule has 0 radical (unpaired) electrons. The second-order valence-electron chi connectivity index (χ2n) is 4.26. The summed E-state index contributed by atoms with van der Waals surface area (Å²) < 4.78 is 0.754. The summed E-state index contributed by atoms with van der Waals surface area (Å²) >= 11 is 8.52. The molecule has 6 heteroatoms. The number of carbonyl (C=O) groups is 1. The largest absolute Gasteiger partial charge is 0.342 e. The average molecular weight is 288 g/mol. The van der Waals surface area contributed by atoms with Gasteiger partial charge in [0.1, 0.15) is 0 Å². The Balaban J connectivity index is 2.01. The van der Waals surface area contributed by atoms with Crippen molar-refractivity contribution in [3.63, 3.8) is 0 Å². The van der Waals surface area contributed by atoms with Crippen LogP contribution in [0.2, 0.25) is 0 Å². The Morgan fingerprint density at radius 1 is 1.65 bits per heavy atom. The number of rotatable bonds is 3. The first kappa shape index (κ1) is 13.1. The summed E-state index contributed by atoms with van der Waals surface area (Å²) in [6.45, 7) is 1.97. The van der Waals surface area contributed by atoms with Crippen LogP contribution < -0.4 is 0 Å². The summed E-state index contributed by atoms with van der Waals surface area (Å²) in [5.74, 6) is 2.44. The highest BCUT2D eigenvalue weighted by molar-refractivity contribution is 7.99. The van der Waals surface area contributed by atoms with Gasteiger partial charge in [0, 0.05) is 29.4 Å². The Morgan fingerprint density at radius 3 is 2.94 bits per heavy atom. The summed E-state index contributed by atoms with van der Waals surface area (Å²) in [7, 11) is 1.92. The van der Waals surface area contributed by atoms with Crippen LogP contribution in [0.1, 0.15) is 17.0 Å². The van der Waals surface area contributed by atoms with Crippen LogP contribution in [0.4, 0.5) is 0 Å². The standard InChI is InChI=1S/C11H16N2OS3/c1-7-9(17-11(15)12-7)5-10(14)13(2)8-3-4-16-6-8/h8H,3-6H2,1-2H3,(H,12,15). The molecule has 0 aliphatic carbocycles. The van der Waals surface area contributed by atoms with Crippen molar-refractivity contribution < 1.29 is 4.79 Å². The fourth-order valence-electron chi connectivity index (χ4n) is 1.90. The monoisotopic (exact) mass is 288 g/mol. The van der Waals surface area contributed by atoms with Crippen LogP contribution >= 0.6 is 35.3 Å². The van der Waals surface area contributed by atoms with E-state index in [0.29, 0.717) is 12.5 Å². The van der Waals surface area contributed by atoms with Gasteiger partial charge in [0.25, 0.3) is 0 Å². The van der Waals surface area contributed by atoms with Crippen molar-refractivity contribution in [1.29, 1.82) is 0 Å². The number of H-pyrrole nitrogens is 1. The Hall–Kier alpha value is -0.330. The van der Waals surface area contributed by atoms with Crippen molar-refractivity contribution in [2.45, 2.75) is 25.8 Å². The minimum absolute atomic E-state index is 0.200. The van der Waals surface area contributed by atoms with Crippen molar-refractivity contribution in [3.8, 4) is 0 Å². The number of hydrogen-bond acceptors (Lipinski definition) is 4. The number of thiazole rings is 1. The molecule has 17 heavy (non-hydrogen) atoms. The molecule has 0 saturated carbocycles. The number of carbonyl (C=O) groups excluding carboxylic acids is 1. The molecule has 0 bridgehead atoms. The minimum Gasteiger partial charge on any atom is -0.342 e. The third kappa shape index (κ3) is 3.11. The topological polar surface area (TPSA) is 36.1 Å². The molecule has 1 amide bonds. The van der Waals surface area contributed by atoms with Gasteiger partial charge in [-0.2, -0.15) is 11.8 Å². The van der Waals surface area contributed by atoms with Crippen molar-refractivity contribution in [3.05, 3.63) is 14.5 Å². The summed E-state index contributed by atoms with van der Waals surface area (Å²) in [6.07, 6.45) is 1.59. The van der Waals surface area contributed by atoms with Crippen LogP contribution in [-0.2, 0) is 11.2 Å². The molecule has 0 spiro atoms. The predicted octanol–water partition coefficient (Wildman–Crippen LogP) is 2.62. The van der Waals surface area contributed by atoms with Crippen molar-refractivity contribution in [2.75, 3.05) is 18.6 Å². The van der Waals surface area contributed by atoms with Gasteiger partial charge in [0.15, 0.2) is 3.95 Å². The van der Waals surface area contributed by atoms with E-state index < -0.39 is 0 Å². The van der Waals surface area contributed by atoms with Crippen LogP contribution in [0.15, 0.2) is 0 Å². The number of likely N-dealkylation sites (N-methyl/N-ethyl adjacent to an activating group) is 1. The highest BCUT2D eigenvalue weighted by Crippen LogP contribution is 2.23. The quantitative estimate of drug-likeness (QED) is 0.869. The lowest BCUT2D eigenvalue weighted by Crippen LogP contribution is -2.37. The van der Waals surface area contributed by atoms with E-state index in [9.17, 15) is 4.79 Å². The van der Waals surface area contributed by atoms with Gasteiger partial charge >= 0.3 is 0 Å². The molecule has 1 unspecified atom stereocenters. The second kappa shape index (κ2) is 5.54. The molecule has 0 aromatic carbocycles. The molecule has 94 valence electrons. The number of aromatic nitrogens is 1. The van der Waals surface area contributed by atoms with E-state index in [-0.39, 0.29) is 5.91 Å². The van der Waals surface area contributed by atoms with E-state index in [2.05, 4.69) is 4.98 Å². The first-order valence-corrected chi connectivity index (χ1v) is 7.98. The van der Waals surface area contributed by atoms with Crippen molar-refractivity contribution in [2.24, 2.45) is 0 Å². The van der Waals surface area contributed by atoms with E-state index in [1.165, 1.54) is 17.1 Å². The van der Waals surface area contributed by atoms with Gasteiger partial charge in [-0.3, -0.25) is 4.79 Å². The van der Waals surface area contributed by atoms with Crippen LogP contribution in [-0.4, -0.2) is 40.4 Å². The number of nitrogens with one attached hydrogen (secondary N) is 1. The predicted molar refractivity (Wildman–Crippen MR) is 76.4 cm³/mol. The number of aryl methyl sites for hydroxylation is 1. The molecule has 2 heterocycles. The maximum absolute atomic E-state index is 12.1. The van der Waals surface area contributed by atoms with Crippen LogP contribution in [0, 0.1) is 10.9 Å². The van der Waals surface area contributed by atoms with Gasteiger partial charge in [-0.05, 0) is 31.3 Å². The van der Waals surface area contributed by atoms with Crippen LogP contribution in [0.25, 0.3) is 0 Å². The lowest BCUT2D eigenvalue weighted by atomic mass is 10.2. The normalized spacial score (nSPS) is 19.5. The third-order valence-electron chi connectivity index (χ3n) is 3.08. The van der Waals surface area contributed by atoms with Gasteiger partial charge < -0.3 is 9.88 Å². The molecule has 2 rings (SSSR count). The highest BCUT2D eigenvalue weighted by Gasteiger charge is 2.24. The molecule has 1 aromatic heterocycles. The molecule has 1 saturated heterocycles. The number of hydrogen-bond donors (Lipinski definition) is 1. The Kier molecular flexibility index (Phi) is 4.27. The van der Waals surface area contributed by atoms with E-state index in [4.69, 9.17) is 12.2 Å². The zero-order valence-corrected chi connectivity index (χ0v) is 12.4. The Labute approximate surface area is 115 Å². The van der Waals surface area contributed by atoms with Gasteiger partial charge in [-0.15, -0.1) is 11.3 Å². The fraction of sp³-hybridized carbons (Fsp3) is 0.636. The number of aromatic amines is 1. The molecule has 1 aliphatic heterocycles. The van der Waals surface area contributed by atoms with Crippen LogP contribution in [0.3, 0.4) is 0 Å². The first-order valence-electron chi connectivity index (χ1n) is 5.60. The van der Waals surface area contributed by atoms with E-state index >= 15 is 0 Å². The summed E-state index contributed by atoms with van der Waals surface area (Å²) in [5, 5.41) is 0. The lowest BCUT2D eigenvalue weighted by molar-refractivity contribution is -0.130. The summed E-state index contributed by atoms with van der Waals surface area (Å²) in [6, 6.07) is 0.416. The third-order valence-corrected chi connectivity index (χ3v) is 5.56. The summed E-state index contributed by atoms with van der Waals surface area (Å²) in [4.78, 5) is 18.2. The molecular formula is C11H16N2OS3. The molecule has 1 fully saturated rings. The molecular weight excluding hydrogens is 272 g/mol. The maximum Gasteiger partial charge on any atom is 0.227 e. The fourth-order valence-corrected chi connectivity index (χ4v) is 4.45. The number of nitrogens with zero attached hydrogens (tertiary/aromatic N) is 1. The van der Waals surface area contributed by atoms with E-state index in [1.807, 2.05) is 30.6 Å². The zero-order chi connectivity index (χ0) is 12.4. The number of amides is 1. The SMILES string of the molecule is Cc1[nH]c(=S)sc1CC(=O)N(C)C1CCSC1. The van der Waals surface area contributed by atoms with E-state index in [1.54, 1.807) is 0 Å². The van der Waals surface area contributed by atoms with Crippen molar-refractivity contribution in [1.82, 2.24) is 9.88 Å². The molecule has 3 nitrogen and oxygen atoms in total. The average Bonchev–Trinajstić information content (AvgIpc) is 2.88. The zero-order valence-electron chi connectivity index (χ0n) is 9.99. The highest BCUT2D eigenvalue weighted by atomic mass is 32.2. The molecule has 1 N–H and O–H groups in total. The van der Waals surface area contributed by atoms with Crippen molar-refractivity contribution >= 4 is 41.2 Å². The lowest BCUT2D eigenvalue weighted by Gasteiger charge is -2.23. The molecule has 1 aromatic rings.